The van der Waals surface area contributed by atoms with Crippen molar-refractivity contribution >= 4 is 5.78 Å². The van der Waals surface area contributed by atoms with Gasteiger partial charge in [0.05, 0.1) is 6.54 Å². The Labute approximate surface area is 113 Å². The summed E-state index contributed by atoms with van der Waals surface area (Å²) in [6, 6.07) is 6.56. The Morgan fingerprint density at radius 2 is 1.95 bits per heavy atom. The highest BCUT2D eigenvalue weighted by atomic mass is 19.1. The first-order valence-corrected chi connectivity index (χ1v) is 6.69. The summed E-state index contributed by atoms with van der Waals surface area (Å²) in [5.41, 5.74) is 0.867. The molecule has 3 nitrogen and oxygen atoms in total. The molecule has 1 aliphatic rings. The fraction of sp³-hybridized carbons (Fsp3) is 0.533. The third-order valence-electron chi connectivity index (χ3n) is 3.55. The first-order valence-electron chi connectivity index (χ1n) is 6.69. The third-order valence-corrected chi connectivity index (χ3v) is 3.55. The number of hydrogen-bond acceptors (Lipinski definition) is 3. The van der Waals surface area contributed by atoms with Crippen LogP contribution in [0, 0.1) is 5.82 Å². The van der Waals surface area contributed by atoms with Gasteiger partial charge in [0.15, 0.2) is 5.78 Å². The van der Waals surface area contributed by atoms with E-state index < -0.39 is 0 Å². The molecule has 0 amide bonds. The maximum atomic E-state index is 12.8. The Bertz CT molecular complexity index is 413. The van der Waals surface area contributed by atoms with Crippen LogP contribution in [-0.2, 0) is 16.0 Å². The van der Waals surface area contributed by atoms with E-state index in [1.54, 1.807) is 12.1 Å². The molecule has 104 valence electrons. The quantitative estimate of drug-likeness (QED) is 0.816. The van der Waals surface area contributed by atoms with Crippen LogP contribution in [0.15, 0.2) is 24.3 Å². The average Bonchev–Trinajstić information content (AvgIpc) is 2.42. The molecule has 4 heteroatoms. The fourth-order valence-corrected chi connectivity index (χ4v) is 2.42. The van der Waals surface area contributed by atoms with E-state index in [0.29, 0.717) is 19.0 Å². The number of carbonyl (C=O) groups excluding carboxylic acids is 1. The van der Waals surface area contributed by atoms with Crippen LogP contribution in [0.5, 0.6) is 0 Å². The van der Waals surface area contributed by atoms with Crippen molar-refractivity contribution in [2.24, 2.45) is 0 Å². The Morgan fingerprint density at radius 1 is 1.32 bits per heavy atom. The molecule has 0 atom stereocenters. The Balaban J connectivity index is 1.81. The van der Waals surface area contributed by atoms with Gasteiger partial charge in [0.1, 0.15) is 5.82 Å². The zero-order valence-electron chi connectivity index (χ0n) is 11.3. The number of ketones is 1. The summed E-state index contributed by atoms with van der Waals surface area (Å²) in [5, 5.41) is 0. The van der Waals surface area contributed by atoms with E-state index in [0.717, 1.165) is 31.6 Å². The molecule has 2 rings (SSSR count). The topological polar surface area (TPSA) is 29.5 Å². The van der Waals surface area contributed by atoms with Crippen LogP contribution in [0.3, 0.4) is 0 Å². The van der Waals surface area contributed by atoms with Crippen molar-refractivity contribution in [3.63, 3.8) is 0 Å². The number of likely N-dealkylation sites (N-methyl/N-ethyl adjacent to an activating group) is 1. The summed E-state index contributed by atoms with van der Waals surface area (Å²) >= 11 is 0. The molecule has 0 N–H and O–H groups in total. The van der Waals surface area contributed by atoms with Crippen LogP contribution in [0.4, 0.5) is 4.39 Å². The number of nitrogens with zero attached hydrogens (tertiary/aromatic N) is 1. The molecule has 1 aromatic carbocycles. The minimum absolute atomic E-state index is 0.167. The fourth-order valence-electron chi connectivity index (χ4n) is 2.42. The maximum Gasteiger partial charge on any atom is 0.151 e. The van der Waals surface area contributed by atoms with E-state index in [2.05, 4.69) is 4.90 Å². The predicted molar refractivity (Wildman–Crippen MR) is 71.6 cm³/mol. The van der Waals surface area contributed by atoms with Gasteiger partial charge in [-0.15, -0.1) is 0 Å². The smallest absolute Gasteiger partial charge is 0.151 e. The number of carbonyl (C=O) groups is 1. The second kappa shape index (κ2) is 6.78. The lowest BCUT2D eigenvalue weighted by molar-refractivity contribution is -0.120. The Hall–Kier alpha value is -1.26. The molecule has 1 saturated heterocycles. The first kappa shape index (κ1) is 14.2. The SMILES string of the molecule is CN(CC(=O)Cc1ccc(F)cc1)C1CCOCC1. The van der Waals surface area contributed by atoms with Gasteiger partial charge in [-0.3, -0.25) is 9.69 Å². The van der Waals surface area contributed by atoms with Crippen molar-refractivity contribution in [1.82, 2.24) is 4.90 Å². The lowest BCUT2D eigenvalue weighted by atomic mass is 10.1. The van der Waals surface area contributed by atoms with Gasteiger partial charge in [-0.25, -0.2) is 4.39 Å². The number of Topliss-reactive ketones (excluding diaryl/α,β-unsaturated/α-hetero) is 1. The van der Waals surface area contributed by atoms with Crippen molar-refractivity contribution in [3.05, 3.63) is 35.6 Å². The Kier molecular flexibility index (Phi) is 5.05. The maximum absolute atomic E-state index is 12.8. The van der Waals surface area contributed by atoms with Gasteiger partial charge in [0.2, 0.25) is 0 Å². The van der Waals surface area contributed by atoms with Crippen molar-refractivity contribution in [2.45, 2.75) is 25.3 Å². The molecule has 0 radical (unpaired) electrons. The van der Waals surface area contributed by atoms with Crippen LogP contribution in [0.25, 0.3) is 0 Å². The lowest BCUT2D eigenvalue weighted by Gasteiger charge is -2.30. The first-order chi connectivity index (χ1) is 9.15. The molecule has 0 spiro atoms. The van der Waals surface area contributed by atoms with E-state index in [-0.39, 0.29) is 11.6 Å². The van der Waals surface area contributed by atoms with Crippen LogP contribution >= 0.6 is 0 Å². The van der Waals surface area contributed by atoms with Crippen LogP contribution in [0.1, 0.15) is 18.4 Å². The molecule has 1 heterocycles. The van der Waals surface area contributed by atoms with Crippen LogP contribution < -0.4 is 0 Å². The van der Waals surface area contributed by atoms with Gasteiger partial charge in [-0.2, -0.15) is 0 Å². The molecule has 1 fully saturated rings. The largest absolute Gasteiger partial charge is 0.381 e. The standard InChI is InChI=1S/C15H20FNO2/c1-17(14-6-8-19-9-7-14)11-15(18)10-12-2-4-13(16)5-3-12/h2-5,14H,6-11H2,1H3. The summed E-state index contributed by atoms with van der Waals surface area (Å²) < 4.78 is 18.1. The lowest BCUT2D eigenvalue weighted by Crippen LogP contribution is -2.39. The summed E-state index contributed by atoms with van der Waals surface area (Å²) in [7, 11) is 1.98. The van der Waals surface area contributed by atoms with Crippen molar-refractivity contribution in [3.8, 4) is 0 Å². The van der Waals surface area contributed by atoms with Gasteiger partial charge < -0.3 is 4.74 Å². The van der Waals surface area contributed by atoms with E-state index >= 15 is 0 Å². The van der Waals surface area contributed by atoms with E-state index in [1.807, 2.05) is 7.05 Å². The molecular formula is C15H20FNO2. The third kappa shape index (κ3) is 4.40. The summed E-state index contributed by atoms with van der Waals surface area (Å²) in [4.78, 5) is 14.1. The zero-order valence-corrected chi connectivity index (χ0v) is 11.3. The molecule has 1 aromatic rings. The van der Waals surface area contributed by atoms with Gasteiger partial charge in [-0.05, 0) is 37.6 Å². The molecule has 0 saturated carbocycles. The summed E-state index contributed by atoms with van der Waals surface area (Å²) in [6.45, 7) is 2.00. The normalized spacial score (nSPS) is 16.8. The van der Waals surface area contributed by atoms with Crippen LogP contribution in [0.2, 0.25) is 0 Å². The average molecular weight is 265 g/mol. The van der Waals surface area contributed by atoms with Gasteiger partial charge >= 0.3 is 0 Å². The molecule has 0 unspecified atom stereocenters. The minimum Gasteiger partial charge on any atom is -0.381 e. The highest BCUT2D eigenvalue weighted by molar-refractivity contribution is 5.82. The van der Waals surface area contributed by atoms with Gasteiger partial charge in [0, 0.05) is 25.7 Å². The highest BCUT2D eigenvalue weighted by Gasteiger charge is 2.20. The molecule has 19 heavy (non-hydrogen) atoms. The summed E-state index contributed by atoms with van der Waals surface area (Å²) in [5.74, 6) is -0.101. The number of halogens is 1. The van der Waals surface area contributed by atoms with Gasteiger partial charge in [-0.1, -0.05) is 12.1 Å². The molecule has 0 bridgehead atoms. The van der Waals surface area contributed by atoms with Crippen molar-refractivity contribution in [2.75, 3.05) is 26.8 Å². The van der Waals surface area contributed by atoms with Crippen molar-refractivity contribution < 1.29 is 13.9 Å². The number of rotatable bonds is 5. The van der Waals surface area contributed by atoms with E-state index in [1.165, 1.54) is 12.1 Å². The molecule has 1 aliphatic heterocycles. The molecule has 0 aliphatic carbocycles. The zero-order chi connectivity index (χ0) is 13.7. The number of ether oxygens (including phenoxy) is 1. The highest BCUT2D eigenvalue weighted by Crippen LogP contribution is 2.13. The minimum atomic E-state index is -0.268. The Morgan fingerprint density at radius 3 is 2.58 bits per heavy atom. The van der Waals surface area contributed by atoms with Crippen LogP contribution in [-0.4, -0.2) is 43.5 Å². The predicted octanol–water partition coefficient (Wildman–Crippen LogP) is 2.05. The van der Waals surface area contributed by atoms with Crippen molar-refractivity contribution in [1.29, 1.82) is 0 Å². The molecule has 0 aromatic heterocycles. The number of hydrogen-bond donors (Lipinski definition) is 0. The second-order valence-electron chi connectivity index (χ2n) is 5.10. The van der Waals surface area contributed by atoms with E-state index in [4.69, 9.17) is 4.74 Å². The molecular weight excluding hydrogens is 245 g/mol. The monoisotopic (exact) mass is 265 g/mol. The number of benzene rings is 1. The van der Waals surface area contributed by atoms with E-state index in [9.17, 15) is 9.18 Å². The summed E-state index contributed by atoms with van der Waals surface area (Å²) in [6.07, 6.45) is 2.34. The van der Waals surface area contributed by atoms with Gasteiger partial charge in [0.25, 0.3) is 0 Å². The second-order valence-corrected chi connectivity index (χ2v) is 5.10.